The van der Waals surface area contributed by atoms with E-state index in [1.807, 2.05) is 6.92 Å². The fraction of sp³-hybridized carbons (Fsp3) is 0.444. The molecule has 0 aromatic heterocycles. The second-order valence-electron chi connectivity index (χ2n) is 2.70. The molecule has 1 aliphatic carbocycles. The van der Waals surface area contributed by atoms with Crippen LogP contribution in [0.5, 0.6) is 0 Å². The monoisotopic (exact) mass is 188 g/mol. The van der Waals surface area contributed by atoms with E-state index in [0.717, 1.165) is 6.08 Å². The standard InChI is InChI=1S/C9H10F2O2/c1-2-6-3-4-7(5-8(6)12)13-9(10)11/h3-6,9H,2H2,1H3. The Morgan fingerprint density at radius 2 is 2.31 bits per heavy atom. The molecule has 0 aromatic carbocycles. The van der Waals surface area contributed by atoms with E-state index in [1.165, 1.54) is 6.08 Å². The van der Waals surface area contributed by atoms with E-state index < -0.39 is 6.61 Å². The number of carbonyl (C=O) groups is 1. The highest BCUT2D eigenvalue weighted by molar-refractivity contribution is 5.94. The lowest BCUT2D eigenvalue weighted by molar-refractivity contribution is -0.118. The quantitative estimate of drug-likeness (QED) is 0.679. The molecule has 0 saturated carbocycles. The van der Waals surface area contributed by atoms with Crippen LogP contribution in [0.3, 0.4) is 0 Å². The minimum absolute atomic E-state index is 0.0651. The number of halogens is 2. The first kappa shape index (κ1) is 9.89. The predicted molar refractivity (Wildman–Crippen MR) is 43.1 cm³/mol. The third kappa shape index (κ3) is 2.65. The number of ketones is 1. The van der Waals surface area contributed by atoms with Crippen LogP contribution >= 0.6 is 0 Å². The Labute approximate surface area is 74.9 Å². The average Bonchev–Trinajstić information content (AvgIpc) is 2.03. The van der Waals surface area contributed by atoms with Crippen LogP contribution in [-0.4, -0.2) is 12.4 Å². The Kier molecular flexibility index (Phi) is 3.17. The Morgan fingerprint density at radius 1 is 1.62 bits per heavy atom. The zero-order chi connectivity index (χ0) is 9.84. The van der Waals surface area contributed by atoms with Gasteiger partial charge >= 0.3 is 6.61 Å². The summed E-state index contributed by atoms with van der Waals surface area (Å²) >= 11 is 0. The van der Waals surface area contributed by atoms with Gasteiger partial charge < -0.3 is 4.74 Å². The van der Waals surface area contributed by atoms with Crippen LogP contribution in [0.15, 0.2) is 24.0 Å². The fourth-order valence-electron chi connectivity index (χ4n) is 1.11. The van der Waals surface area contributed by atoms with Gasteiger partial charge in [0, 0.05) is 12.0 Å². The van der Waals surface area contributed by atoms with Crippen LogP contribution in [0.25, 0.3) is 0 Å². The van der Waals surface area contributed by atoms with Crippen LogP contribution in [0.2, 0.25) is 0 Å². The van der Waals surface area contributed by atoms with Crippen LogP contribution in [0, 0.1) is 5.92 Å². The highest BCUT2D eigenvalue weighted by atomic mass is 19.3. The highest BCUT2D eigenvalue weighted by Crippen LogP contribution is 2.18. The van der Waals surface area contributed by atoms with Crippen molar-refractivity contribution < 1.29 is 18.3 Å². The van der Waals surface area contributed by atoms with Crippen molar-refractivity contribution in [2.24, 2.45) is 5.92 Å². The van der Waals surface area contributed by atoms with Crippen LogP contribution < -0.4 is 0 Å². The van der Waals surface area contributed by atoms with E-state index in [0.29, 0.717) is 6.42 Å². The van der Waals surface area contributed by atoms with E-state index >= 15 is 0 Å². The molecular weight excluding hydrogens is 178 g/mol. The van der Waals surface area contributed by atoms with Gasteiger partial charge in [0.05, 0.1) is 0 Å². The molecule has 0 saturated heterocycles. The summed E-state index contributed by atoms with van der Waals surface area (Å²) in [6, 6.07) is 0. The molecule has 0 heterocycles. The van der Waals surface area contributed by atoms with Crippen molar-refractivity contribution in [2.75, 3.05) is 0 Å². The number of hydrogen-bond donors (Lipinski definition) is 0. The second-order valence-corrected chi connectivity index (χ2v) is 2.70. The lowest BCUT2D eigenvalue weighted by Gasteiger charge is -2.13. The van der Waals surface area contributed by atoms with Gasteiger partial charge in [0.1, 0.15) is 5.76 Å². The molecule has 1 atom stereocenters. The molecule has 0 aromatic rings. The number of allylic oxidation sites excluding steroid dienone is 3. The number of ether oxygens (including phenoxy) is 1. The van der Waals surface area contributed by atoms with Gasteiger partial charge in [0.2, 0.25) is 0 Å². The summed E-state index contributed by atoms with van der Waals surface area (Å²) in [7, 11) is 0. The Hall–Kier alpha value is -1.19. The van der Waals surface area contributed by atoms with Gasteiger partial charge in [-0.25, -0.2) is 0 Å². The SMILES string of the molecule is CCC1C=CC(OC(F)F)=CC1=O. The van der Waals surface area contributed by atoms with Gasteiger partial charge in [-0.05, 0) is 12.5 Å². The first-order valence-electron chi connectivity index (χ1n) is 4.02. The van der Waals surface area contributed by atoms with E-state index in [1.54, 1.807) is 6.08 Å². The first-order valence-corrected chi connectivity index (χ1v) is 4.02. The summed E-state index contributed by atoms with van der Waals surface area (Å²) in [5.41, 5.74) is 0. The second kappa shape index (κ2) is 4.16. The molecule has 1 aliphatic rings. The largest absolute Gasteiger partial charge is 0.435 e. The summed E-state index contributed by atoms with van der Waals surface area (Å²) in [6.07, 6.45) is 4.77. The highest BCUT2D eigenvalue weighted by Gasteiger charge is 2.17. The third-order valence-corrected chi connectivity index (χ3v) is 1.81. The molecule has 0 spiro atoms. The molecule has 72 valence electrons. The molecule has 0 radical (unpaired) electrons. The lowest BCUT2D eigenvalue weighted by atomic mass is 9.96. The Balaban J connectivity index is 2.63. The summed E-state index contributed by atoms with van der Waals surface area (Å²) in [5.74, 6) is -0.435. The normalized spacial score (nSPS) is 22.0. The minimum Gasteiger partial charge on any atom is -0.435 e. The van der Waals surface area contributed by atoms with Crippen molar-refractivity contribution >= 4 is 5.78 Å². The summed E-state index contributed by atoms with van der Waals surface area (Å²) < 4.78 is 27.5. The van der Waals surface area contributed by atoms with Crippen molar-refractivity contribution in [1.82, 2.24) is 0 Å². The number of hydrogen-bond acceptors (Lipinski definition) is 2. The van der Waals surface area contributed by atoms with E-state index in [2.05, 4.69) is 4.74 Å². The first-order chi connectivity index (χ1) is 6.13. The third-order valence-electron chi connectivity index (χ3n) is 1.81. The van der Waals surface area contributed by atoms with Gasteiger partial charge in [0.15, 0.2) is 5.78 Å². The van der Waals surface area contributed by atoms with Gasteiger partial charge in [-0.3, -0.25) is 4.79 Å². The minimum atomic E-state index is -2.87. The molecule has 0 aliphatic heterocycles. The van der Waals surface area contributed by atoms with Crippen molar-refractivity contribution in [2.45, 2.75) is 20.0 Å². The summed E-state index contributed by atoms with van der Waals surface area (Å²) in [5, 5.41) is 0. The maximum Gasteiger partial charge on any atom is 0.387 e. The van der Waals surface area contributed by atoms with Crippen molar-refractivity contribution in [3.8, 4) is 0 Å². The maximum absolute atomic E-state index is 11.7. The van der Waals surface area contributed by atoms with Crippen molar-refractivity contribution in [3.05, 3.63) is 24.0 Å². The zero-order valence-corrected chi connectivity index (χ0v) is 7.17. The van der Waals surface area contributed by atoms with Crippen molar-refractivity contribution in [3.63, 3.8) is 0 Å². The molecule has 0 bridgehead atoms. The molecule has 1 rings (SSSR count). The van der Waals surface area contributed by atoms with E-state index in [9.17, 15) is 13.6 Å². The summed E-state index contributed by atoms with van der Waals surface area (Å²) in [4.78, 5) is 11.2. The molecule has 0 amide bonds. The fourth-order valence-corrected chi connectivity index (χ4v) is 1.11. The topological polar surface area (TPSA) is 26.3 Å². The van der Waals surface area contributed by atoms with Gasteiger partial charge in [-0.2, -0.15) is 8.78 Å². The molecule has 1 unspecified atom stereocenters. The molecule has 2 nitrogen and oxygen atoms in total. The zero-order valence-electron chi connectivity index (χ0n) is 7.17. The molecule has 4 heteroatoms. The molecule has 0 fully saturated rings. The number of rotatable bonds is 3. The molecular formula is C9H10F2O2. The molecule has 0 N–H and O–H groups in total. The van der Waals surface area contributed by atoms with Crippen LogP contribution in [-0.2, 0) is 9.53 Å². The van der Waals surface area contributed by atoms with E-state index in [-0.39, 0.29) is 17.5 Å². The average molecular weight is 188 g/mol. The molecule has 13 heavy (non-hydrogen) atoms. The Bertz CT molecular complexity index is 256. The lowest BCUT2D eigenvalue weighted by Crippen LogP contribution is -2.13. The smallest absolute Gasteiger partial charge is 0.387 e. The van der Waals surface area contributed by atoms with Crippen LogP contribution in [0.4, 0.5) is 8.78 Å². The summed E-state index contributed by atoms with van der Waals surface area (Å²) in [6.45, 7) is -1.01. The van der Waals surface area contributed by atoms with Crippen molar-refractivity contribution in [1.29, 1.82) is 0 Å². The predicted octanol–water partition coefficient (Wildman–Crippen LogP) is 2.27. The number of carbonyl (C=O) groups excluding carboxylic acids is 1. The Morgan fingerprint density at radius 3 is 2.77 bits per heavy atom. The maximum atomic E-state index is 11.7. The van der Waals surface area contributed by atoms with Gasteiger partial charge in [0.25, 0.3) is 0 Å². The van der Waals surface area contributed by atoms with Gasteiger partial charge in [-0.15, -0.1) is 0 Å². The van der Waals surface area contributed by atoms with Gasteiger partial charge in [-0.1, -0.05) is 13.0 Å². The van der Waals surface area contributed by atoms with Crippen LogP contribution in [0.1, 0.15) is 13.3 Å². The van der Waals surface area contributed by atoms with E-state index in [4.69, 9.17) is 0 Å². The number of alkyl halides is 2.